The minimum Gasteiger partial charge on any atom is -0.351 e. The lowest BCUT2D eigenvalue weighted by Crippen LogP contribution is -2.27. The highest BCUT2D eigenvalue weighted by atomic mass is 35.5. The van der Waals surface area contributed by atoms with Crippen molar-refractivity contribution < 1.29 is 4.79 Å². The number of thiazole rings is 1. The van der Waals surface area contributed by atoms with Gasteiger partial charge in [-0.25, -0.2) is 9.97 Å². The van der Waals surface area contributed by atoms with Crippen LogP contribution in [0.25, 0.3) is 0 Å². The Bertz CT molecular complexity index is 613. The van der Waals surface area contributed by atoms with E-state index < -0.39 is 0 Å². The van der Waals surface area contributed by atoms with Crippen LogP contribution in [0.4, 0.5) is 0 Å². The summed E-state index contributed by atoms with van der Waals surface area (Å²) in [5.74, 6) is 0.282. The lowest BCUT2D eigenvalue weighted by molar-refractivity contribution is 0.0951. The van der Waals surface area contributed by atoms with E-state index in [1.54, 1.807) is 29.7 Å². The summed E-state index contributed by atoms with van der Waals surface area (Å²) in [5, 5.41) is 6.22. The second-order valence-corrected chi connectivity index (χ2v) is 6.55. The van der Waals surface area contributed by atoms with Crippen molar-refractivity contribution in [3.05, 3.63) is 45.1 Å². The Balaban J connectivity index is 2.03. The smallest absolute Gasteiger partial charge is 0.251 e. The van der Waals surface area contributed by atoms with Gasteiger partial charge in [0.25, 0.3) is 5.91 Å². The zero-order valence-corrected chi connectivity index (χ0v) is 13.8. The van der Waals surface area contributed by atoms with Crippen LogP contribution < -0.4 is 5.32 Å². The highest BCUT2D eigenvalue weighted by Gasteiger charge is 2.13. The number of hydrogen-bond acceptors (Lipinski definition) is 4. The monoisotopic (exact) mass is 323 g/mol. The van der Waals surface area contributed by atoms with Gasteiger partial charge < -0.3 is 5.32 Å². The maximum atomic E-state index is 12.2. The van der Waals surface area contributed by atoms with Crippen LogP contribution in [-0.4, -0.2) is 22.4 Å². The van der Waals surface area contributed by atoms with E-state index in [1.807, 2.05) is 26.2 Å². The third-order valence-electron chi connectivity index (χ3n) is 3.11. The van der Waals surface area contributed by atoms with Gasteiger partial charge in [0.15, 0.2) is 0 Å². The second kappa shape index (κ2) is 7.00. The fourth-order valence-electron chi connectivity index (χ4n) is 1.86. The lowest BCUT2D eigenvalue weighted by atomic mass is 10.1. The highest BCUT2D eigenvalue weighted by Crippen LogP contribution is 2.19. The molecule has 0 saturated heterocycles. The molecule has 112 valence electrons. The fraction of sp³-hybridized carbons (Fsp3) is 0.400. The van der Waals surface area contributed by atoms with Crippen LogP contribution in [0, 0.1) is 0 Å². The van der Waals surface area contributed by atoms with E-state index in [-0.39, 0.29) is 17.7 Å². The van der Waals surface area contributed by atoms with Crippen molar-refractivity contribution in [3.63, 3.8) is 0 Å². The predicted octanol–water partition coefficient (Wildman–Crippen LogP) is 3.85. The summed E-state index contributed by atoms with van der Waals surface area (Å²) >= 11 is 7.58. The Kier molecular flexibility index (Phi) is 5.31. The number of amides is 1. The molecule has 1 N–H and O–H groups in total. The van der Waals surface area contributed by atoms with Gasteiger partial charge in [0.2, 0.25) is 0 Å². The molecule has 4 nitrogen and oxygen atoms in total. The second-order valence-electron chi connectivity index (χ2n) is 5.24. The zero-order chi connectivity index (χ0) is 15.4. The molecule has 2 heterocycles. The molecule has 2 rings (SSSR count). The van der Waals surface area contributed by atoms with Crippen molar-refractivity contribution in [3.8, 4) is 0 Å². The normalized spacial score (nSPS) is 12.4. The Morgan fingerprint density at radius 3 is 2.76 bits per heavy atom. The van der Waals surface area contributed by atoms with Crippen LogP contribution in [0.5, 0.6) is 0 Å². The minimum atomic E-state index is -0.135. The van der Waals surface area contributed by atoms with Crippen LogP contribution >= 0.6 is 22.9 Å². The average molecular weight is 324 g/mol. The third kappa shape index (κ3) is 4.25. The maximum Gasteiger partial charge on any atom is 0.251 e. The van der Waals surface area contributed by atoms with Gasteiger partial charge in [-0.3, -0.25) is 4.79 Å². The van der Waals surface area contributed by atoms with E-state index in [0.29, 0.717) is 17.3 Å². The maximum absolute atomic E-state index is 12.2. The quantitative estimate of drug-likeness (QED) is 0.850. The zero-order valence-electron chi connectivity index (χ0n) is 12.3. The van der Waals surface area contributed by atoms with E-state index in [0.717, 1.165) is 10.7 Å². The van der Waals surface area contributed by atoms with Gasteiger partial charge >= 0.3 is 0 Å². The molecule has 0 spiro atoms. The summed E-state index contributed by atoms with van der Waals surface area (Å²) in [7, 11) is 0. The van der Waals surface area contributed by atoms with E-state index in [4.69, 9.17) is 11.6 Å². The van der Waals surface area contributed by atoms with Gasteiger partial charge in [-0.15, -0.1) is 11.3 Å². The van der Waals surface area contributed by atoms with Crippen LogP contribution in [0.1, 0.15) is 53.7 Å². The van der Waals surface area contributed by atoms with Crippen molar-refractivity contribution in [2.45, 2.75) is 32.6 Å². The molecule has 0 bridgehead atoms. The van der Waals surface area contributed by atoms with Crippen LogP contribution in [-0.2, 0) is 0 Å². The van der Waals surface area contributed by atoms with Crippen molar-refractivity contribution in [2.75, 3.05) is 6.54 Å². The molecule has 0 aliphatic carbocycles. The molecule has 2 aromatic heterocycles. The van der Waals surface area contributed by atoms with Gasteiger partial charge in [0.05, 0.1) is 5.01 Å². The number of pyridine rings is 1. The predicted molar refractivity (Wildman–Crippen MR) is 86.2 cm³/mol. The summed E-state index contributed by atoms with van der Waals surface area (Å²) in [6.07, 6.45) is 1.77. The number of aromatic nitrogens is 2. The topological polar surface area (TPSA) is 54.9 Å². The number of halogens is 1. The largest absolute Gasteiger partial charge is 0.351 e. The summed E-state index contributed by atoms with van der Waals surface area (Å²) in [5.41, 5.74) is 1.37. The summed E-state index contributed by atoms with van der Waals surface area (Å²) < 4.78 is 0. The molecular formula is C15H18ClN3OS. The fourth-order valence-corrected chi connectivity index (χ4v) is 2.77. The Hall–Kier alpha value is -1.46. The first kappa shape index (κ1) is 15.9. The molecule has 1 unspecified atom stereocenters. The number of carbonyl (C=O) groups excluding carboxylic acids is 1. The van der Waals surface area contributed by atoms with Crippen molar-refractivity contribution >= 4 is 28.8 Å². The van der Waals surface area contributed by atoms with Gasteiger partial charge in [-0.2, -0.15) is 0 Å². The van der Waals surface area contributed by atoms with E-state index in [1.165, 1.54) is 0 Å². The number of hydrogen-bond donors (Lipinski definition) is 1. The van der Waals surface area contributed by atoms with E-state index in [2.05, 4.69) is 15.3 Å². The molecule has 0 radical (unpaired) electrons. The Morgan fingerprint density at radius 2 is 2.14 bits per heavy atom. The van der Waals surface area contributed by atoms with Crippen LogP contribution in [0.2, 0.25) is 5.15 Å². The minimum absolute atomic E-state index is 0.135. The molecule has 21 heavy (non-hydrogen) atoms. The van der Waals surface area contributed by atoms with Gasteiger partial charge in [0, 0.05) is 35.3 Å². The van der Waals surface area contributed by atoms with Gasteiger partial charge in [0.1, 0.15) is 5.15 Å². The first-order chi connectivity index (χ1) is 9.97. The van der Waals surface area contributed by atoms with Crippen LogP contribution in [0.15, 0.2) is 23.7 Å². The van der Waals surface area contributed by atoms with Crippen molar-refractivity contribution in [1.29, 1.82) is 0 Å². The molecule has 0 fully saturated rings. The first-order valence-electron chi connectivity index (χ1n) is 6.82. The standard InChI is InChI=1S/C15H18ClN3OS/c1-9(2)12-6-11(7-13(16)19-12)14(20)18-8-10(3)15-17-4-5-21-15/h4-7,9-10H,8H2,1-3H3,(H,18,20). The number of rotatable bonds is 5. The van der Waals surface area contributed by atoms with Crippen molar-refractivity contribution in [2.24, 2.45) is 0 Å². The molecule has 2 aromatic rings. The molecule has 0 aliphatic heterocycles. The summed E-state index contributed by atoms with van der Waals surface area (Å²) in [6, 6.07) is 3.39. The number of nitrogens with one attached hydrogen (secondary N) is 1. The Labute approximate surface area is 133 Å². The van der Waals surface area contributed by atoms with Crippen molar-refractivity contribution in [1.82, 2.24) is 15.3 Å². The number of carbonyl (C=O) groups is 1. The van der Waals surface area contributed by atoms with Gasteiger partial charge in [-0.05, 0) is 18.1 Å². The Morgan fingerprint density at radius 1 is 1.38 bits per heavy atom. The molecule has 0 saturated carbocycles. The summed E-state index contributed by atoms with van der Waals surface area (Å²) in [6.45, 7) is 6.62. The van der Waals surface area contributed by atoms with E-state index in [9.17, 15) is 4.79 Å². The SMILES string of the molecule is CC(C)c1cc(C(=O)NCC(C)c2nccs2)cc(Cl)n1. The molecule has 0 aromatic carbocycles. The van der Waals surface area contributed by atoms with E-state index >= 15 is 0 Å². The summed E-state index contributed by atoms with van der Waals surface area (Å²) in [4.78, 5) is 20.7. The number of nitrogens with zero attached hydrogens (tertiary/aromatic N) is 2. The molecule has 1 atom stereocenters. The molecular weight excluding hydrogens is 306 g/mol. The lowest BCUT2D eigenvalue weighted by Gasteiger charge is -2.12. The van der Waals surface area contributed by atoms with Gasteiger partial charge in [-0.1, -0.05) is 32.4 Å². The molecule has 1 amide bonds. The van der Waals surface area contributed by atoms with Crippen LogP contribution in [0.3, 0.4) is 0 Å². The average Bonchev–Trinajstić information content (AvgIpc) is 2.97. The third-order valence-corrected chi connectivity index (χ3v) is 4.31. The molecule has 6 heteroatoms. The highest BCUT2D eigenvalue weighted by molar-refractivity contribution is 7.09. The molecule has 0 aliphatic rings. The first-order valence-corrected chi connectivity index (χ1v) is 8.08.